The number of rotatable bonds is 4. The molecule has 3 atom stereocenters. The first kappa shape index (κ1) is 12.5. The average molecular weight is 237 g/mol. The number of halogens is 1. The molecular weight excluding hydrogens is 217 g/mol. The molecule has 2 nitrogen and oxygen atoms in total. The summed E-state index contributed by atoms with van der Waals surface area (Å²) >= 11 is 0. The number of nitrogens with one attached hydrogen (secondary N) is 1. The summed E-state index contributed by atoms with van der Waals surface area (Å²) in [6.07, 6.45) is 2.80. The maximum atomic E-state index is 13.4. The van der Waals surface area contributed by atoms with Crippen LogP contribution in [0, 0.1) is 11.7 Å². The Hall–Kier alpha value is -0.930. The minimum absolute atomic E-state index is 0.332. The Morgan fingerprint density at radius 1 is 1.41 bits per heavy atom. The van der Waals surface area contributed by atoms with Crippen molar-refractivity contribution < 1.29 is 9.50 Å². The van der Waals surface area contributed by atoms with Crippen LogP contribution < -0.4 is 5.32 Å². The third-order valence-corrected chi connectivity index (χ3v) is 3.56. The number of hydrogen-bond donors (Lipinski definition) is 2. The van der Waals surface area contributed by atoms with E-state index in [9.17, 15) is 9.50 Å². The van der Waals surface area contributed by atoms with Gasteiger partial charge in [-0.3, -0.25) is 0 Å². The van der Waals surface area contributed by atoms with Crippen LogP contribution in [0.15, 0.2) is 24.3 Å². The third kappa shape index (κ3) is 3.27. The van der Waals surface area contributed by atoms with Crippen molar-refractivity contribution in [3.05, 3.63) is 35.6 Å². The minimum atomic E-state index is -0.757. The zero-order chi connectivity index (χ0) is 12.3. The van der Waals surface area contributed by atoms with Crippen molar-refractivity contribution >= 4 is 0 Å². The lowest BCUT2D eigenvalue weighted by atomic mass is 10.1. The van der Waals surface area contributed by atoms with Crippen molar-refractivity contribution in [2.75, 3.05) is 6.54 Å². The molecule has 3 unspecified atom stereocenters. The van der Waals surface area contributed by atoms with Crippen molar-refractivity contribution in [3.63, 3.8) is 0 Å². The molecule has 0 saturated heterocycles. The van der Waals surface area contributed by atoms with Gasteiger partial charge in [-0.2, -0.15) is 0 Å². The summed E-state index contributed by atoms with van der Waals surface area (Å²) < 4.78 is 13.4. The summed E-state index contributed by atoms with van der Waals surface area (Å²) in [6.45, 7) is 2.67. The van der Waals surface area contributed by atoms with E-state index in [0.29, 0.717) is 18.2 Å². The highest BCUT2D eigenvalue weighted by atomic mass is 19.1. The first-order chi connectivity index (χ1) is 8.16. The lowest BCUT2D eigenvalue weighted by Gasteiger charge is -2.17. The van der Waals surface area contributed by atoms with E-state index < -0.39 is 6.10 Å². The topological polar surface area (TPSA) is 32.3 Å². The Bertz CT molecular complexity index is 369. The molecule has 2 N–H and O–H groups in total. The predicted octanol–water partition coefficient (Wildman–Crippen LogP) is 2.64. The van der Waals surface area contributed by atoms with Crippen LogP contribution in [-0.4, -0.2) is 17.7 Å². The molecule has 1 aromatic rings. The SMILES string of the molecule is CC1CCC(NCC(O)c2ccccc2F)C1. The molecule has 2 rings (SSSR count). The Labute approximate surface area is 102 Å². The lowest BCUT2D eigenvalue weighted by Crippen LogP contribution is -2.31. The normalized spacial score (nSPS) is 26.1. The fourth-order valence-electron chi connectivity index (χ4n) is 2.53. The van der Waals surface area contributed by atoms with Crippen LogP contribution in [0.5, 0.6) is 0 Å². The summed E-state index contributed by atoms with van der Waals surface area (Å²) in [4.78, 5) is 0. The lowest BCUT2D eigenvalue weighted by molar-refractivity contribution is 0.165. The molecule has 94 valence electrons. The number of aliphatic hydroxyl groups excluding tert-OH is 1. The van der Waals surface area contributed by atoms with Gasteiger partial charge in [0.05, 0.1) is 6.10 Å². The fourth-order valence-corrected chi connectivity index (χ4v) is 2.53. The molecule has 1 aliphatic rings. The number of hydrogen-bond acceptors (Lipinski definition) is 2. The van der Waals surface area contributed by atoms with E-state index in [1.54, 1.807) is 18.2 Å². The van der Waals surface area contributed by atoms with Gasteiger partial charge < -0.3 is 10.4 Å². The van der Waals surface area contributed by atoms with E-state index in [4.69, 9.17) is 0 Å². The molecule has 0 amide bonds. The van der Waals surface area contributed by atoms with Crippen LogP contribution in [0.4, 0.5) is 4.39 Å². The van der Waals surface area contributed by atoms with Crippen molar-refractivity contribution in [1.82, 2.24) is 5.32 Å². The Kier molecular flexibility index (Phi) is 4.13. The predicted molar refractivity (Wildman–Crippen MR) is 66.2 cm³/mol. The molecule has 3 heteroatoms. The molecule has 1 fully saturated rings. The summed E-state index contributed by atoms with van der Waals surface area (Å²) in [6, 6.07) is 6.89. The van der Waals surface area contributed by atoms with Gasteiger partial charge >= 0.3 is 0 Å². The molecule has 0 aromatic heterocycles. The molecule has 0 spiro atoms. The summed E-state index contributed by atoms with van der Waals surface area (Å²) in [5, 5.41) is 13.2. The Balaban J connectivity index is 1.85. The van der Waals surface area contributed by atoms with Gasteiger partial charge in [0.2, 0.25) is 0 Å². The van der Waals surface area contributed by atoms with Crippen LogP contribution in [0.2, 0.25) is 0 Å². The maximum Gasteiger partial charge on any atom is 0.129 e. The third-order valence-electron chi connectivity index (χ3n) is 3.56. The van der Waals surface area contributed by atoms with Gasteiger partial charge in [-0.05, 0) is 31.2 Å². The number of aliphatic hydroxyl groups is 1. The van der Waals surface area contributed by atoms with E-state index in [1.165, 1.54) is 12.5 Å². The van der Waals surface area contributed by atoms with Crippen molar-refractivity contribution in [3.8, 4) is 0 Å². The molecule has 0 bridgehead atoms. The van der Waals surface area contributed by atoms with Gasteiger partial charge in [0.15, 0.2) is 0 Å². The van der Waals surface area contributed by atoms with E-state index in [2.05, 4.69) is 12.2 Å². The zero-order valence-electron chi connectivity index (χ0n) is 10.2. The highest BCUT2D eigenvalue weighted by Crippen LogP contribution is 2.25. The van der Waals surface area contributed by atoms with Gasteiger partial charge in [-0.1, -0.05) is 25.1 Å². The van der Waals surface area contributed by atoms with Crippen LogP contribution in [-0.2, 0) is 0 Å². The first-order valence-corrected chi connectivity index (χ1v) is 6.32. The molecule has 17 heavy (non-hydrogen) atoms. The van der Waals surface area contributed by atoms with E-state index in [1.807, 2.05) is 0 Å². The smallest absolute Gasteiger partial charge is 0.129 e. The molecule has 0 heterocycles. The average Bonchev–Trinajstić information content (AvgIpc) is 2.73. The van der Waals surface area contributed by atoms with E-state index in [-0.39, 0.29) is 5.82 Å². The standard InChI is InChI=1S/C14H20FNO/c1-10-6-7-11(8-10)16-9-14(17)12-4-2-3-5-13(12)15/h2-5,10-11,14,16-17H,6-9H2,1H3. The van der Waals surface area contributed by atoms with E-state index >= 15 is 0 Å². The van der Waals surface area contributed by atoms with Gasteiger partial charge in [-0.25, -0.2) is 4.39 Å². The van der Waals surface area contributed by atoms with Gasteiger partial charge in [0.1, 0.15) is 5.82 Å². The summed E-state index contributed by atoms with van der Waals surface area (Å²) in [5.74, 6) is 0.430. The molecule has 0 aliphatic heterocycles. The summed E-state index contributed by atoms with van der Waals surface area (Å²) in [7, 11) is 0. The fraction of sp³-hybridized carbons (Fsp3) is 0.571. The highest BCUT2D eigenvalue weighted by Gasteiger charge is 2.22. The molecular formula is C14H20FNO. The van der Waals surface area contributed by atoms with Crippen LogP contribution >= 0.6 is 0 Å². The second kappa shape index (κ2) is 5.61. The molecule has 1 saturated carbocycles. The largest absolute Gasteiger partial charge is 0.387 e. The maximum absolute atomic E-state index is 13.4. The Morgan fingerprint density at radius 2 is 2.18 bits per heavy atom. The van der Waals surface area contributed by atoms with Gasteiger partial charge in [0.25, 0.3) is 0 Å². The van der Waals surface area contributed by atoms with Crippen molar-refractivity contribution in [1.29, 1.82) is 0 Å². The van der Waals surface area contributed by atoms with Crippen LogP contribution in [0.1, 0.15) is 37.9 Å². The monoisotopic (exact) mass is 237 g/mol. The van der Waals surface area contributed by atoms with Gasteiger partial charge in [-0.15, -0.1) is 0 Å². The molecule has 1 aromatic carbocycles. The number of benzene rings is 1. The van der Waals surface area contributed by atoms with Gasteiger partial charge in [0, 0.05) is 18.2 Å². The molecule has 0 radical (unpaired) electrons. The van der Waals surface area contributed by atoms with Crippen molar-refractivity contribution in [2.45, 2.75) is 38.3 Å². The second-order valence-corrected chi connectivity index (χ2v) is 5.06. The van der Waals surface area contributed by atoms with Crippen molar-refractivity contribution in [2.24, 2.45) is 5.92 Å². The quantitative estimate of drug-likeness (QED) is 0.843. The van der Waals surface area contributed by atoms with E-state index in [0.717, 1.165) is 18.8 Å². The summed E-state index contributed by atoms with van der Waals surface area (Å²) in [5.41, 5.74) is 0.381. The van der Waals surface area contributed by atoms with Crippen LogP contribution in [0.3, 0.4) is 0 Å². The van der Waals surface area contributed by atoms with Crippen LogP contribution in [0.25, 0.3) is 0 Å². The minimum Gasteiger partial charge on any atom is -0.387 e. The Morgan fingerprint density at radius 3 is 2.82 bits per heavy atom. The first-order valence-electron chi connectivity index (χ1n) is 6.32. The highest BCUT2D eigenvalue weighted by molar-refractivity contribution is 5.20. The zero-order valence-corrected chi connectivity index (χ0v) is 10.2. The second-order valence-electron chi connectivity index (χ2n) is 5.06. The molecule has 1 aliphatic carbocycles.